The molecular formula is C11H15N3O3S. The van der Waals surface area contributed by atoms with Crippen molar-refractivity contribution in [3.05, 3.63) is 34.4 Å². The van der Waals surface area contributed by atoms with E-state index in [0.29, 0.717) is 17.1 Å². The van der Waals surface area contributed by atoms with E-state index in [2.05, 4.69) is 0 Å². The maximum atomic E-state index is 11.0. The molecule has 4 N–H and O–H groups in total. The van der Waals surface area contributed by atoms with Crippen LogP contribution in [0.2, 0.25) is 0 Å². The van der Waals surface area contributed by atoms with Crippen molar-refractivity contribution in [3.63, 3.8) is 0 Å². The molecule has 18 heavy (non-hydrogen) atoms. The van der Waals surface area contributed by atoms with Gasteiger partial charge in [0.1, 0.15) is 0 Å². The molecular weight excluding hydrogens is 254 g/mol. The monoisotopic (exact) mass is 269 g/mol. The molecule has 0 aliphatic carbocycles. The number of para-hydroxylation sites is 1. The highest BCUT2D eigenvalue weighted by Gasteiger charge is 2.25. The summed E-state index contributed by atoms with van der Waals surface area (Å²) in [5, 5.41) is 10.8. The summed E-state index contributed by atoms with van der Waals surface area (Å²) in [5.74, 6) is -0.0912. The number of primary amides is 1. The van der Waals surface area contributed by atoms with Gasteiger partial charge in [0.05, 0.1) is 15.4 Å². The molecule has 0 spiro atoms. The van der Waals surface area contributed by atoms with Gasteiger partial charge in [-0.15, -0.1) is 11.8 Å². The van der Waals surface area contributed by atoms with Gasteiger partial charge in [-0.1, -0.05) is 12.1 Å². The Balaban J connectivity index is 2.65. The third kappa shape index (κ3) is 3.71. The number of nitro groups is 1. The number of nitrogens with two attached hydrogens (primary N) is 2. The lowest BCUT2D eigenvalue weighted by Crippen LogP contribution is -2.49. The van der Waals surface area contributed by atoms with Crippen molar-refractivity contribution in [2.45, 2.75) is 23.8 Å². The quantitative estimate of drug-likeness (QED) is 0.459. The van der Waals surface area contributed by atoms with Crippen LogP contribution < -0.4 is 11.5 Å². The number of amides is 1. The Morgan fingerprint density at radius 3 is 2.67 bits per heavy atom. The fraction of sp³-hybridized carbons (Fsp3) is 0.364. The summed E-state index contributed by atoms with van der Waals surface area (Å²) in [4.78, 5) is 21.9. The highest BCUT2D eigenvalue weighted by atomic mass is 32.2. The first-order valence-electron chi connectivity index (χ1n) is 5.29. The number of nitro benzene ring substituents is 1. The van der Waals surface area contributed by atoms with Crippen molar-refractivity contribution >= 4 is 23.4 Å². The highest BCUT2D eigenvalue weighted by molar-refractivity contribution is 7.99. The van der Waals surface area contributed by atoms with Gasteiger partial charge in [0, 0.05) is 11.8 Å². The van der Waals surface area contributed by atoms with Crippen molar-refractivity contribution in [2.24, 2.45) is 11.5 Å². The van der Waals surface area contributed by atoms with Crippen LogP contribution in [-0.2, 0) is 4.79 Å². The first kappa shape index (κ1) is 14.5. The standard InChI is InChI=1S/C11H15N3O3S/c1-11(13,10(12)15)6-7-18-9-5-3-2-4-8(9)14(16)17/h2-5H,6-7,13H2,1H3,(H2,12,15). The Labute approximate surface area is 109 Å². The fourth-order valence-corrected chi connectivity index (χ4v) is 2.44. The van der Waals surface area contributed by atoms with Crippen LogP contribution >= 0.6 is 11.8 Å². The topological polar surface area (TPSA) is 112 Å². The number of thioether (sulfide) groups is 1. The lowest BCUT2D eigenvalue weighted by Gasteiger charge is -2.19. The molecule has 1 aromatic rings. The fourth-order valence-electron chi connectivity index (χ4n) is 1.23. The largest absolute Gasteiger partial charge is 0.368 e. The van der Waals surface area contributed by atoms with Crippen LogP contribution in [0.1, 0.15) is 13.3 Å². The van der Waals surface area contributed by atoms with E-state index in [0.717, 1.165) is 0 Å². The van der Waals surface area contributed by atoms with E-state index < -0.39 is 16.4 Å². The smallest absolute Gasteiger partial charge is 0.282 e. The van der Waals surface area contributed by atoms with Gasteiger partial charge in [-0.25, -0.2) is 0 Å². The van der Waals surface area contributed by atoms with Crippen LogP contribution in [0.3, 0.4) is 0 Å². The van der Waals surface area contributed by atoms with E-state index in [1.165, 1.54) is 17.8 Å². The van der Waals surface area contributed by atoms with Crippen molar-refractivity contribution in [1.82, 2.24) is 0 Å². The molecule has 0 saturated carbocycles. The number of carbonyl (C=O) groups excluding carboxylic acids is 1. The van der Waals surface area contributed by atoms with Gasteiger partial charge >= 0.3 is 0 Å². The summed E-state index contributed by atoms with van der Waals surface area (Å²) in [6.07, 6.45) is 0.360. The van der Waals surface area contributed by atoms with Crippen molar-refractivity contribution in [3.8, 4) is 0 Å². The third-order valence-corrected chi connectivity index (χ3v) is 3.57. The Hall–Kier alpha value is -1.60. The Bertz CT molecular complexity index is 463. The van der Waals surface area contributed by atoms with E-state index in [1.54, 1.807) is 25.1 Å². The predicted molar refractivity (Wildman–Crippen MR) is 70.2 cm³/mol. The average molecular weight is 269 g/mol. The van der Waals surface area contributed by atoms with E-state index >= 15 is 0 Å². The molecule has 1 aromatic carbocycles. The Morgan fingerprint density at radius 2 is 2.11 bits per heavy atom. The predicted octanol–water partition coefficient (Wildman–Crippen LogP) is 1.28. The summed E-state index contributed by atoms with van der Waals surface area (Å²) in [6, 6.07) is 6.45. The molecule has 0 aliphatic heterocycles. The second kappa shape index (κ2) is 5.83. The first-order valence-corrected chi connectivity index (χ1v) is 6.28. The molecule has 0 aliphatic rings. The average Bonchev–Trinajstić information content (AvgIpc) is 2.29. The van der Waals surface area contributed by atoms with Gasteiger partial charge in [-0.2, -0.15) is 0 Å². The molecule has 0 bridgehead atoms. The van der Waals surface area contributed by atoms with Crippen LogP contribution in [0.25, 0.3) is 0 Å². The van der Waals surface area contributed by atoms with Crippen LogP contribution in [0.15, 0.2) is 29.2 Å². The van der Waals surface area contributed by atoms with Gasteiger partial charge in [0.15, 0.2) is 0 Å². The van der Waals surface area contributed by atoms with E-state index in [9.17, 15) is 14.9 Å². The van der Waals surface area contributed by atoms with Crippen molar-refractivity contribution < 1.29 is 9.72 Å². The van der Waals surface area contributed by atoms with Gasteiger partial charge in [-0.3, -0.25) is 14.9 Å². The molecule has 1 unspecified atom stereocenters. The second-order valence-corrected chi connectivity index (χ2v) is 5.24. The minimum absolute atomic E-state index is 0.0558. The van der Waals surface area contributed by atoms with Gasteiger partial charge in [0.25, 0.3) is 5.69 Å². The minimum Gasteiger partial charge on any atom is -0.368 e. The Morgan fingerprint density at radius 1 is 1.50 bits per heavy atom. The molecule has 0 saturated heterocycles. The van der Waals surface area contributed by atoms with Crippen molar-refractivity contribution in [1.29, 1.82) is 0 Å². The summed E-state index contributed by atoms with van der Waals surface area (Å²) in [6.45, 7) is 1.55. The molecule has 7 heteroatoms. The molecule has 0 fully saturated rings. The van der Waals surface area contributed by atoms with Crippen LogP contribution in [0.5, 0.6) is 0 Å². The summed E-state index contributed by atoms with van der Waals surface area (Å²) in [7, 11) is 0. The van der Waals surface area contributed by atoms with Gasteiger partial charge in [-0.05, 0) is 19.4 Å². The summed E-state index contributed by atoms with van der Waals surface area (Å²) < 4.78 is 0. The lowest BCUT2D eigenvalue weighted by atomic mass is 10.0. The highest BCUT2D eigenvalue weighted by Crippen LogP contribution is 2.29. The molecule has 1 rings (SSSR count). The number of rotatable bonds is 6. The SMILES string of the molecule is CC(N)(CCSc1ccccc1[N+](=O)[O-])C(N)=O. The lowest BCUT2D eigenvalue weighted by molar-refractivity contribution is -0.387. The minimum atomic E-state index is -1.09. The van der Waals surface area contributed by atoms with Crippen LogP contribution in [0, 0.1) is 10.1 Å². The summed E-state index contributed by atoms with van der Waals surface area (Å²) >= 11 is 1.29. The van der Waals surface area contributed by atoms with E-state index in [1.807, 2.05) is 0 Å². The maximum absolute atomic E-state index is 11.0. The number of hydrogen-bond acceptors (Lipinski definition) is 5. The molecule has 98 valence electrons. The molecule has 0 aromatic heterocycles. The second-order valence-electron chi connectivity index (χ2n) is 4.11. The molecule has 1 amide bonds. The zero-order chi connectivity index (χ0) is 13.8. The van der Waals surface area contributed by atoms with E-state index in [-0.39, 0.29) is 5.69 Å². The van der Waals surface area contributed by atoms with E-state index in [4.69, 9.17) is 11.5 Å². The first-order chi connectivity index (χ1) is 8.34. The number of hydrogen-bond donors (Lipinski definition) is 2. The summed E-state index contributed by atoms with van der Waals surface area (Å²) in [5.41, 5.74) is 9.82. The number of carbonyl (C=O) groups is 1. The third-order valence-electron chi connectivity index (χ3n) is 2.50. The molecule has 6 nitrogen and oxygen atoms in total. The zero-order valence-corrected chi connectivity index (χ0v) is 10.8. The van der Waals surface area contributed by atoms with Crippen LogP contribution in [-0.4, -0.2) is 22.1 Å². The Kier molecular flexibility index (Phi) is 4.69. The van der Waals surface area contributed by atoms with Gasteiger partial charge in [0.2, 0.25) is 5.91 Å². The normalized spacial score (nSPS) is 13.9. The number of benzene rings is 1. The zero-order valence-electron chi connectivity index (χ0n) is 9.96. The maximum Gasteiger partial charge on any atom is 0.282 e. The number of nitrogens with zero attached hydrogens (tertiary/aromatic N) is 1. The van der Waals surface area contributed by atoms with Gasteiger partial charge < -0.3 is 11.5 Å². The van der Waals surface area contributed by atoms with Crippen LogP contribution in [0.4, 0.5) is 5.69 Å². The molecule has 0 radical (unpaired) electrons. The van der Waals surface area contributed by atoms with Crippen molar-refractivity contribution in [2.75, 3.05) is 5.75 Å². The molecule has 0 heterocycles. The molecule has 1 atom stereocenters.